The zero-order valence-corrected chi connectivity index (χ0v) is 9.09. The van der Waals surface area contributed by atoms with Gasteiger partial charge in [0.15, 0.2) is 0 Å². The van der Waals surface area contributed by atoms with Crippen molar-refractivity contribution >= 4 is 5.91 Å². The van der Waals surface area contributed by atoms with Gasteiger partial charge in [0.1, 0.15) is 0 Å². The van der Waals surface area contributed by atoms with E-state index in [4.69, 9.17) is 5.21 Å². The number of hydrogen-bond acceptors (Lipinski definition) is 2. The molecule has 0 unspecified atom stereocenters. The van der Waals surface area contributed by atoms with Gasteiger partial charge in [-0.25, -0.2) is 5.48 Å². The molecule has 13 heavy (non-hydrogen) atoms. The molecule has 4 heteroatoms. The minimum absolute atomic E-state index is 0. The van der Waals surface area contributed by atoms with Gasteiger partial charge in [0, 0.05) is 5.56 Å². The van der Waals surface area contributed by atoms with Gasteiger partial charge < -0.3 is 14.9 Å². The fraction of sp³-hybridized carbons (Fsp3) is 0. The van der Waals surface area contributed by atoms with Gasteiger partial charge in [-0.2, -0.15) is 0 Å². The molecule has 1 aromatic rings. The Kier molecular flexibility index (Phi) is 13.0. The van der Waals surface area contributed by atoms with Crippen molar-refractivity contribution in [1.29, 1.82) is 0 Å². The van der Waals surface area contributed by atoms with E-state index < -0.39 is 5.91 Å². The number of carbonyl (C=O) groups excluding carboxylic acids is 1. The number of benzene rings is 1. The molecule has 0 bridgehead atoms. The summed E-state index contributed by atoms with van der Waals surface area (Å²) in [7, 11) is 0. The van der Waals surface area contributed by atoms with Crippen LogP contribution in [0.15, 0.2) is 30.3 Å². The van der Waals surface area contributed by atoms with Gasteiger partial charge in [-0.15, -0.1) is 0 Å². The molecule has 0 heterocycles. The van der Waals surface area contributed by atoms with E-state index in [0.29, 0.717) is 5.56 Å². The first-order valence-electron chi connectivity index (χ1n) is 2.84. The normalized spacial score (nSPS) is 6.85. The van der Waals surface area contributed by atoms with E-state index >= 15 is 0 Å². The van der Waals surface area contributed by atoms with Crippen LogP contribution < -0.4 is 5.48 Å². The third-order valence-corrected chi connectivity index (χ3v) is 1.14. The zero-order valence-electron chi connectivity index (χ0n) is 7.69. The van der Waals surface area contributed by atoms with E-state index in [2.05, 4.69) is 0 Å². The van der Waals surface area contributed by atoms with Crippen molar-refractivity contribution in [3.05, 3.63) is 50.7 Å². The Labute approximate surface area is 91.0 Å². The van der Waals surface area contributed by atoms with Crippen molar-refractivity contribution in [2.45, 2.75) is 0 Å². The quantitative estimate of drug-likeness (QED) is 0.428. The zero-order chi connectivity index (χ0) is 7.40. The Morgan fingerprint density at radius 1 is 1.15 bits per heavy atom. The summed E-state index contributed by atoms with van der Waals surface area (Å²) in [6, 6.07) is 8.49. The van der Waals surface area contributed by atoms with Gasteiger partial charge in [-0.1, -0.05) is 18.2 Å². The van der Waals surface area contributed by atoms with Gasteiger partial charge in [0.25, 0.3) is 5.91 Å². The molecule has 1 rings (SSSR count). The topological polar surface area (TPSA) is 49.3 Å². The summed E-state index contributed by atoms with van der Waals surface area (Å²) in [5, 5.41) is 8.19. The van der Waals surface area contributed by atoms with E-state index in [1.807, 2.05) is 0 Å². The fourth-order valence-corrected chi connectivity index (χ4v) is 0.654. The number of rotatable bonds is 1. The molecule has 3 nitrogen and oxygen atoms in total. The molecule has 0 aromatic heterocycles. The van der Waals surface area contributed by atoms with Crippen LogP contribution >= 0.6 is 0 Å². The van der Waals surface area contributed by atoms with Crippen LogP contribution in [0.25, 0.3) is 0 Å². The molecule has 1 radical (unpaired) electrons. The van der Waals surface area contributed by atoms with Crippen molar-refractivity contribution in [2.24, 2.45) is 0 Å². The number of hydrogen-bond donors (Lipinski definition) is 2. The molecule has 1 amide bonds. The first-order chi connectivity index (χ1) is 4.84. The van der Waals surface area contributed by atoms with Crippen LogP contribution in [0.4, 0.5) is 0 Å². The van der Waals surface area contributed by atoms with Crippen LogP contribution in [-0.2, 0) is 18.6 Å². The molecular weight excluding hydrogens is 205 g/mol. The summed E-state index contributed by atoms with van der Waals surface area (Å²) in [6.45, 7) is 0. The third-order valence-electron chi connectivity index (χ3n) is 1.14. The van der Waals surface area contributed by atoms with Crippen LogP contribution in [0, 0.1) is 14.9 Å². The average Bonchev–Trinajstić information content (AvgIpc) is 2.05. The van der Waals surface area contributed by atoms with Crippen LogP contribution in [0.5, 0.6) is 0 Å². The summed E-state index contributed by atoms with van der Waals surface area (Å²) in [6.07, 6.45) is 0. The van der Waals surface area contributed by atoms with Crippen molar-refractivity contribution < 1.29 is 28.6 Å². The van der Waals surface area contributed by atoms with Crippen LogP contribution in [0.3, 0.4) is 0 Å². The maximum Gasteiger partial charge on any atom is 2.00 e. The molecule has 0 aliphatic heterocycles. The first kappa shape index (κ1) is 18.1. The van der Waals surface area contributed by atoms with E-state index in [0.717, 1.165) is 0 Å². The standard InChI is InChI=1S/C7H7NO2.2CH3.V/c9-7(8-10)6-4-2-1-3-5-6;;;/h1-5,10H,(H,8,9);2*1H3;/q;2*-1;+2. The number of nitrogens with one attached hydrogen (secondary N) is 1. The molecule has 0 spiro atoms. The Balaban J connectivity index is -0.000000333. The predicted octanol–water partition coefficient (Wildman–Crippen LogP) is 1.70. The second-order valence-electron chi connectivity index (χ2n) is 1.81. The molecule has 0 saturated carbocycles. The summed E-state index contributed by atoms with van der Waals surface area (Å²) in [5.74, 6) is -0.486. The second kappa shape index (κ2) is 9.32. The number of amides is 1. The Morgan fingerprint density at radius 3 is 2.00 bits per heavy atom. The molecule has 2 N–H and O–H groups in total. The molecule has 71 valence electrons. The van der Waals surface area contributed by atoms with Gasteiger partial charge >= 0.3 is 18.6 Å². The molecule has 0 aliphatic rings. The van der Waals surface area contributed by atoms with Crippen LogP contribution in [-0.4, -0.2) is 11.1 Å². The van der Waals surface area contributed by atoms with Crippen LogP contribution in [0.1, 0.15) is 10.4 Å². The number of hydroxylamine groups is 1. The molecule has 0 atom stereocenters. The molecule has 0 fully saturated rings. The van der Waals surface area contributed by atoms with E-state index in [9.17, 15) is 4.79 Å². The summed E-state index contributed by atoms with van der Waals surface area (Å²) < 4.78 is 0. The summed E-state index contributed by atoms with van der Waals surface area (Å²) >= 11 is 0. The monoisotopic (exact) mass is 218 g/mol. The molecular formula is C9H13NO2V. The van der Waals surface area contributed by atoms with E-state index in [-0.39, 0.29) is 33.4 Å². The van der Waals surface area contributed by atoms with Gasteiger partial charge in [-0.3, -0.25) is 10.0 Å². The number of carbonyl (C=O) groups is 1. The largest absolute Gasteiger partial charge is 2.00 e. The maximum absolute atomic E-state index is 10.7. The van der Waals surface area contributed by atoms with Crippen molar-refractivity contribution in [3.8, 4) is 0 Å². The Hall–Kier alpha value is -0.766. The Bertz CT molecular complexity index is 226. The molecule has 1 aromatic carbocycles. The molecule has 0 saturated heterocycles. The SMILES string of the molecule is O=C(NO)c1ccccc1.[CH3-].[CH3-].[V+2]. The van der Waals surface area contributed by atoms with E-state index in [1.54, 1.807) is 35.8 Å². The van der Waals surface area contributed by atoms with Crippen molar-refractivity contribution in [3.63, 3.8) is 0 Å². The van der Waals surface area contributed by atoms with Gasteiger partial charge in [0.2, 0.25) is 0 Å². The first-order valence-corrected chi connectivity index (χ1v) is 2.84. The minimum atomic E-state index is -0.486. The average molecular weight is 218 g/mol. The van der Waals surface area contributed by atoms with Crippen molar-refractivity contribution in [1.82, 2.24) is 5.48 Å². The predicted molar refractivity (Wildman–Crippen MR) is 48.5 cm³/mol. The van der Waals surface area contributed by atoms with Crippen LogP contribution in [0.2, 0.25) is 0 Å². The van der Waals surface area contributed by atoms with Gasteiger partial charge in [-0.05, 0) is 12.1 Å². The smallest absolute Gasteiger partial charge is 0.358 e. The second-order valence-corrected chi connectivity index (χ2v) is 1.81. The summed E-state index contributed by atoms with van der Waals surface area (Å²) in [4.78, 5) is 10.7. The Morgan fingerprint density at radius 2 is 1.62 bits per heavy atom. The minimum Gasteiger partial charge on any atom is -0.358 e. The van der Waals surface area contributed by atoms with Gasteiger partial charge in [0.05, 0.1) is 0 Å². The molecule has 0 aliphatic carbocycles. The maximum atomic E-state index is 10.7. The van der Waals surface area contributed by atoms with E-state index in [1.165, 1.54) is 0 Å². The fourth-order valence-electron chi connectivity index (χ4n) is 0.654. The summed E-state index contributed by atoms with van der Waals surface area (Å²) in [5.41, 5.74) is 1.99. The van der Waals surface area contributed by atoms with Crippen molar-refractivity contribution in [2.75, 3.05) is 0 Å². The third kappa shape index (κ3) is 5.47.